The molecule has 0 heterocycles. The quantitative estimate of drug-likeness (QED) is 0.852. The van der Waals surface area contributed by atoms with Crippen molar-refractivity contribution in [1.29, 1.82) is 0 Å². The van der Waals surface area contributed by atoms with Crippen molar-refractivity contribution >= 4 is 5.69 Å². The molecule has 2 aromatic carbocycles. The van der Waals surface area contributed by atoms with Crippen LogP contribution in [0.1, 0.15) is 19.3 Å². The van der Waals surface area contributed by atoms with Crippen molar-refractivity contribution in [2.45, 2.75) is 19.3 Å². The van der Waals surface area contributed by atoms with Crippen molar-refractivity contribution in [1.82, 2.24) is 0 Å². The van der Waals surface area contributed by atoms with Gasteiger partial charge in [-0.25, -0.2) is 0 Å². The first-order chi connectivity index (χ1) is 9.31. The predicted octanol–water partition coefficient (Wildman–Crippen LogP) is 4.27. The monoisotopic (exact) mass is 253 g/mol. The minimum absolute atomic E-state index is 0.308. The van der Waals surface area contributed by atoms with Gasteiger partial charge in [0.2, 0.25) is 0 Å². The smallest absolute Gasteiger partial charge is 0.115 e. The van der Waals surface area contributed by atoms with E-state index >= 15 is 0 Å². The zero-order chi connectivity index (χ0) is 13.1. The van der Waals surface area contributed by atoms with Crippen molar-refractivity contribution in [3.63, 3.8) is 0 Å². The number of benzene rings is 2. The molecule has 1 saturated carbocycles. The molecule has 1 fully saturated rings. The van der Waals surface area contributed by atoms with Gasteiger partial charge in [-0.15, -0.1) is 0 Å². The highest BCUT2D eigenvalue weighted by Crippen LogP contribution is 2.27. The van der Waals surface area contributed by atoms with Gasteiger partial charge in [0.1, 0.15) is 5.75 Å². The number of phenols is 1. The van der Waals surface area contributed by atoms with E-state index in [0.717, 1.165) is 18.0 Å². The molecule has 19 heavy (non-hydrogen) atoms. The van der Waals surface area contributed by atoms with E-state index in [1.54, 1.807) is 12.1 Å². The zero-order valence-electron chi connectivity index (χ0n) is 11.0. The Morgan fingerprint density at radius 2 is 1.47 bits per heavy atom. The van der Waals surface area contributed by atoms with E-state index in [4.69, 9.17) is 0 Å². The molecule has 2 heteroatoms. The fourth-order valence-electron chi connectivity index (χ4n) is 2.39. The summed E-state index contributed by atoms with van der Waals surface area (Å²) < 4.78 is 0. The highest BCUT2D eigenvalue weighted by Gasteiger charge is 2.16. The Kier molecular flexibility index (Phi) is 3.41. The second kappa shape index (κ2) is 5.35. The fraction of sp³-hybridized carbons (Fsp3) is 0.294. The lowest BCUT2D eigenvalue weighted by Crippen LogP contribution is -2.20. The van der Waals surface area contributed by atoms with E-state index < -0.39 is 0 Å². The molecule has 1 aliphatic carbocycles. The Balaban J connectivity index is 1.65. The van der Waals surface area contributed by atoms with Crippen molar-refractivity contribution in [2.24, 2.45) is 5.92 Å². The summed E-state index contributed by atoms with van der Waals surface area (Å²) in [4.78, 5) is 0. The molecule has 0 aliphatic heterocycles. The van der Waals surface area contributed by atoms with Crippen molar-refractivity contribution in [3.8, 4) is 16.9 Å². The second-order valence-corrected chi connectivity index (χ2v) is 5.30. The Labute approximate surface area is 114 Å². The Morgan fingerprint density at radius 1 is 0.895 bits per heavy atom. The maximum absolute atomic E-state index is 9.29. The van der Waals surface area contributed by atoms with Crippen LogP contribution in [0.3, 0.4) is 0 Å². The third-order valence-corrected chi connectivity index (χ3v) is 3.91. The van der Waals surface area contributed by atoms with Crippen LogP contribution in [0.25, 0.3) is 11.1 Å². The van der Waals surface area contributed by atoms with Crippen LogP contribution >= 0.6 is 0 Å². The number of anilines is 1. The van der Waals surface area contributed by atoms with Gasteiger partial charge in [-0.05, 0) is 54.2 Å². The largest absolute Gasteiger partial charge is 0.508 e. The van der Waals surface area contributed by atoms with Crippen LogP contribution in [-0.4, -0.2) is 11.7 Å². The molecule has 0 aromatic heterocycles. The molecule has 0 unspecified atom stereocenters. The molecule has 2 aromatic rings. The highest BCUT2D eigenvalue weighted by atomic mass is 16.3. The van der Waals surface area contributed by atoms with Gasteiger partial charge < -0.3 is 10.4 Å². The third-order valence-electron chi connectivity index (χ3n) is 3.91. The van der Waals surface area contributed by atoms with E-state index in [0.29, 0.717) is 5.75 Å². The predicted molar refractivity (Wildman–Crippen MR) is 79.4 cm³/mol. The number of phenolic OH excluding ortho intramolecular Hbond substituents is 1. The minimum Gasteiger partial charge on any atom is -0.508 e. The Bertz CT molecular complexity index is 526. The molecule has 0 spiro atoms. The molecule has 0 atom stereocenters. The highest BCUT2D eigenvalue weighted by molar-refractivity contribution is 5.66. The van der Waals surface area contributed by atoms with Gasteiger partial charge in [-0.1, -0.05) is 30.7 Å². The summed E-state index contributed by atoms with van der Waals surface area (Å²) in [6.45, 7) is 1.10. The summed E-state index contributed by atoms with van der Waals surface area (Å²) in [6.07, 6.45) is 4.14. The average Bonchev–Trinajstić information content (AvgIpc) is 2.39. The Hall–Kier alpha value is -1.96. The summed E-state index contributed by atoms with van der Waals surface area (Å²) in [6, 6.07) is 15.8. The molecule has 0 bridgehead atoms. The van der Waals surface area contributed by atoms with Crippen LogP contribution in [-0.2, 0) is 0 Å². The number of hydrogen-bond donors (Lipinski definition) is 2. The van der Waals surface area contributed by atoms with Crippen molar-refractivity contribution in [2.75, 3.05) is 11.9 Å². The standard InChI is InChI=1S/C17H19NO/c19-17-10-6-15(7-11-17)14-4-8-16(9-5-14)18-12-13-2-1-3-13/h4-11,13,18-19H,1-3,12H2. The SMILES string of the molecule is Oc1ccc(-c2ccc(NCC3CCC3)cc2)cc1. The summed E-state index contributed by atoms with van der Waals surface area (Å²) in [5.41, 5.74) is 3.49. The fourth-order valence-corrected chi connectivity index (χ4v) is 2.39. The summed E-state index contributed by atoms with van der Waals surface area (Å²) in [5, 5.41) is 12.8. The third kappa shape index (κ3) is 2.90. The normalized spacial score (nSPS) is 14.9. The molecule has 2 nitrogen and oxygen atoms in total. The van der Waals surface area contributed by atoms with E-state index in [-0.39, 0.29) is 0 Å². The van der Waals surface area contributed by atoms with Crippen LogP contribution in [0.15, 0.2) is 48.5 Å². The lowest BCUT2D eigenvalue weighted by Gasteiger charge is -2.25. The minimum atomic E-state index is 0.308. The zero-order valence-corrected chi connectivity index (χ0v) is 11.0. The van der Waals surface area contributed by atoms with Crippen LogP contribution in [0.5, 0.6) is 5.75 Å². The van der Waals surface area contributed by atoms with Crippen LogP contribution in [0.4, 0.5) is 5.69 Å². The lowest BCUT2D eigenvalue weighted by molar-refractivity contribution is 0.333. The topological polar surface area (TPSA) is 32.3 Å². The number of aromatic hydroxyl groups is 1. The van der Waals surface area contributed by atoms with Crippen LogP contribution in [0, 0.1) is 5.92 Å². The lowest BCUT2D eigenvalue weighted by atomic mass is 9.85. The maximum atomic E-state index is 9.29. The van der Waals surface area contributed by atoms with E-state index in [1.165, 1.54) is 30.5 Å². The van der Waals surface area contributed by atoms with Crippen LogP contribution < -0.4 is 5.32 Å². The molecule has 2 N–H and O–H groups in total. The van der Waals surface area contributed by atoms with Gasteiger partial charge in [0, 0.05) is 12.2 Å². The molecular weight excluding hydrogens is 234 g/mol. The maximum Gasteiger partial charge on any atom is 0.115 e. The Morgan fingerprint density at radius 3 is 2.00 bits per heavy atom. The van der Waals surface area contributed by atoms with Crippen molar-refractivity contribution < 1.29 is 5.11 Å². The summed E-state index contributed by atoms with van der Waals surface area (Å²) in [7, 11) is 0. The molecule has 0 radical (unpaired) electrons. The first-order valence-corrected chi connectivity index (χ1v) is 6.94. The van der Waals surface area contributed by atoms with Gasteiger partial charge in [0.25, 0.3) is 0 Å². The van der Waals surface area contributed by atoms with E-state index in [1.807, 2.05) is 12.1 Å². The van der Waals surface area contributed by atoms with E-state index in [2.05, 4.69) is 29.6 Å². The molecular formula is C17H19NO. The number of rotatable bonds is 4. The molecule has 98 valence electrons. The van der Waals surface area contributed by atoms with Gasteiger partial charge in [-0.2, -0.15) is 0 Å². The van der Waals surface area contributed by atoms with Crippen molar-refractivity contribution in [3.05, 3.63) is 48.5 Å². The number of hydrogen-bond acceptors (Lipinski definition) is 2. The number of nitrogens with one attached hydrogen (secondary N) is 1. The molecule has 0 saturated heterocycles. The van der Waals surface area contributed by atoms with Crippen LogP contribution in [0.2, 0.25) is 0 Å². The van der Waals surface area contributed by atoms with Gasteiger partial charge in [0.15, 0.2) is 0 Å². The first kappa shape index (κ1) is 12.1. The molecule has 3 rings (SSSR count). The summed E-state index contributed by atoms with van der Waals surface area (Å²) in [5.74, 6) is 1.18. The second-order valence-electron chi connectivity index (χ2n) is 5.30. The first-order valence-electron chi connectivity index (χ1n) is 6.94. The van der Waals surface area contributed by atoms with Gasteiger partial charge in [-0.3, -0.25) is 0 Å². The van der Waals surface area contributed by atoms with E-state index in [9.17, 15) is 5.11 Å². The summed E-state index contributed by atoms with van der Waals surface area (Å²) >= 11 is 0. The van der Waals surface area contributed by atoms with Gasteiger partial charge in [0.05, 0.1) is 0 Å². The van der Waals surface area contributed by atoms with Gasteiger partial charge >= 0.3 is 0 Å². The average molecular weight is 253 g/mol. The molecule has 0 amide bonds. The molecule has 1 aliphatic rings.